The normalized spacial score (nSPS) is 16.9. The number of rotatable bonds is 6. The van der Waals surface area contributed by atoms with Crippen LogP contribution in [0.1, 0.15) is 24.8 Å². The first kappa shape index (κ1) is 16.8. The lowest BCUT2D eigenvalue weighted by Crippen LogP contribution is -2.50. The van der Waals surface area contributed by atoms with Gasteiger partial charge in [-0.15, -0.1) is 0 Å². The van der Waals surface area contributed by atoms with Crippen LogP contribution in [0.5, 0.6) is 0 Å². The van der Waals surface area contributed by atoms with Crippen molar-refractivity contribution in [2.75, 3.05) is 12.3 Å². The number of amides is 1. The van der Waals surface area contributed by atoms with Crippen molar-refractivity contribution >= 4 is 16.7 Å². The quantitative estimate of drug-likeness (QED) is 0.874. The number of hydrogen-bond donors (Lipinski definition) is 1. The van der Waals surface area contributed by atoms with E-state index in [1.54, 1.807) is 6.07 Å². The lowest BCUT2D eigenvalue weighted by molar-refractivity contribution is -0.129. The molecule has 1 amide bonds. The molecule has 0 saturated heterocycles. The molecule has 0 bridgehead atoms. The third-order valence-electron chi connectivity index (χ3n) is 4.60. The molecule has 2 aromatic carbocycles. The molecule has 0 aromatic heterocycles. The van der Waals surface area contributed by atoms with Crippen molar-refractivity contribution in [1.82, 2.24) is 5.32 Å². The van der Waals surface area contributed by atoms with E-state index in [0.29, 0.717) is 12.3 Å². The van der Waals surface area contributed by atoms with Crippen molar-refractivity contribution in [3.05, 3.63) is 66.0 Å². The molecular weight excluding hydrogens is 325 g/mol. The van der Waals surface area contributed by atoms with Crippen LogP contribution in [-0.4, -0.2) is 22.4 Å². The van der Waals surface area contributed by atoms with E-state index in [0.717, 1.165) is 29.7 Å². The fraction of sp³-hybridized carbons (Fsp3) is 0.316. The predicted octanol–water partition coefficient (Wildman–Crippen LogP) is 3.17. The summed E-state index contributed by atoms with van der Waals surface area (Å²) in [5, 5.41) is 2.89. The molecule has 1 aliphatic carbocycles. The fourth-order valence-electron chi connectivity index (χ4n) is 3.08. The molecule has 1 saturated carbocycles. The van der Waals surface area contributed by atoms with Gasteiger partial charge in [-0.25, -0.2) is 4.39 Å². The van der Waals surface area contributed by atoms with Crippen molar-refractivity contribution in [3.63, 3.8) is 0 Å². The van der Waals surface area contributed by atoms with Crippen LogP contribution >= 0.6 is 0 Å². The Morgan fingerprint density at radius 2 is 1.88 bits per heavy atom. The van der Waals surface area contributed by atoms with Gasteiger partial charge < -0.3 is 5.32 Å². The van der Waals surface area contributed by atoms with Gasteiger partial charge in [0.15, 0.2) is 0 Å². The Morgan fingerprint density at radius 3 is 2.50 bits per heavy atom. The minimum absolute atomic E-state index is 0.0931. The molecule has 126 valence electrons. The molecule has 1 aliphatic rings. The van der Waals surface area contributed by atoms with E-state index in [-0.39, 0.29) is 11.7 Å². The molecule has 0 spiro atoms. The van der Waals surface area contributed by atoms with E-state index < -0.39 is 16.2 Å². The van der Waals surface area contributed by atoms with Crippen LogP contribution < -0.4 is 5.32 Å². The van der Waals surface area contributed by atoms with E-state index in [4.69, 9.17) is 0 Å². The van der Waals surface area contributed by atoms with Gasteiger partial charge in [0, 0.05) is 17.2 Å². The van der Waals surface area contributed by atoms with Crippen LogP contribution in [0, 0.1) is 5.82 Å². The van der Waals surface area contributed by atoms with Crippen LogP contribution in [0.3, 0.4) is 0 Å². The molecule has 0 heterocycles. The van der Waals surface area contributed by atoms with Gasteiger partial charge in [0.25, 0.3) is 0 Å². The van der Waals surface area contributed by atoms with Crippen LogP contribution in [0.2, 0.25) is 0 Å². The lowest BCUT2D eigenvalue weighted by Gasteiger charge is -2.40. The third kappa shape index (κ3) is 3.41. The highest BCUT2D eigenvalue weighted by atomic mass is 32.2. The van der Waals surface area contributed by atoms with Crippen LogP contribution in [0.4, 0.5) is 4.39 Å². The number of hydrogen-bond acceptors (Lipinski definition) is 2. The van der Waals surface area contributed by atoms with Crippen LogP contribution in [0.25, 0.3) is 0 Å². The number of benzene rings is 2. The van der Waals surface area contributed by atoms with E-state index in [1.165, 1.54) is 12.1 Å². The zero-order chi connectivity index (χ0) is 17.0. The van der Waals surface area contributed by atoms with Gasteiger partial charge in [-0.1, -0.05) is 36.8 Å². The molecule has 1 N–H and O–H groups in total. The average molecular weight is 345 g/mol. The molecule has 24 heavy (non-hydrogen) atoms. The summed E-state index contributed by atoms with van der Waals surface area (Å²) in [5.41, 5.74) is 0.103. The Balaban J connectivity index is 1.61. The third-order valence-corrected chi connectivity index (χ3v) is 5.97. The highest BCUT2D eigenvalue weighted by Crippen LogP contribution is 2.44. The SMILES string of the molecule is O=C(NCC[S@@](=O)c1ccccc1)C1(c2cccc(F)c2)CCC1. The second-order valence-corrected chi connectivity index (χ2v) is 7.64. The van der Waals surface area contributed by atoms with E-state index >= 15 is 0 Å². The maximum absolute atomic E-state index is 13.5. The van der Waals surface area contributed by atoms with Crippen molar-refractivity contribution in [1.29, 1.82) is 0 Å². The van der Waals surface area contributed by atoms with Gasteiger partial charge in [0.1, 0.15) is 5.82 Å². The molecular formula is C19H20FNO2S. The summed E-state index contributed by atoms with van der Waals surface area (Å²) in [7, 11) is -1.13. The van der Waals surface area contributed by atoms with Gasteiger partial charge in [0.2, 0.25) is 5.91 Å². The Labute approximate surface area is 143 Å². The van der Waals surface area contributed by atoms with Gasteiger partial charge in [-0.3, -0.25) is 9.00 Å². The minimum atomic E-state index is -1.13. The zero-order valence-corrected chi connectivity index (χ0v) is 14.2. The summed E-state index contributed by atoms with van der Waals surface area (Å²) in [5.74, 6) is -0.0456. The highest BCUT2D eigenvalue weighted by molar-refractivity contribution is 7.85. The molecule has 5 heteroatoms. The number of nitrogens with one attached hydrogen (secondary N) is 1. The van der Waals surface area contributed by atoms with E-state index in [9.17, 15) is 13.4 Å². The van der Waals surface area contributed by atoms with Crippen molar-refractivity contribution in [2.24, 2.45) is 0 Å². The van der Waals surface area contributed by atoms with Gasteiger partial charge >= 0.3 is 0 Å². The van der Waals surface area contributed by atoms with Gasteiger partial charge in [-0.05, 0) is 42.7 Å². The summed E-state index contributed by atoms with van der Waals surface area (Å²) in [4.78, 5) is 13.4. The molecule has 0 aliphatic heterocycles. The highest BCUT2D eigenvalue weighted by Gasteiger charge is 2.45. The maximum Gasteiger partial charge on any atom is 0.230 e. The predicted molar refractivity (Wildman–Crippen MR) is 92.7 cm³/mol. The summed E-state index contributed by atoms with van der Waals surface area (Å²) in [6.07, 6.45) is 2.41. The lowest BCUT2D eigenvalue weighted by atomic mass is 9.64. The van der Waals surface area contributed by atoms with Crippen molar-refractivity contribution in [3.8, 4) is 0 Å². The number of carbonyl (C=O) groups excluding carboxylic acids is 1. The zero-order valence-electron chi connectivity index (χ0n) is 13.3. The Kier molecular flexibility index (Phi) is 5.09. The number of carbonyl (C=O) groups is 1. The van der Waals surface area contributed by atoms with Crippen LogP contribution in [-0.2, 0) is 21.0 Å². The summed E-state index contributed by atoms with van der Waals surface area (Å²) in [6.45, 7) is 0.345. The van der Waals surface area contributed by atoms with E-state index in [2.05, 4.69) is 5.32 Å². The van der Waals surface area contributed by atoms with Crippen LogP contribution in [0.15, 0.2) is 59.5 Å². The smallest absolute Gasteiger partial charge is 0.230 e. The first-order chi connectivity index (χ1) is 11.6. The molecule has 2 aromatic rings. The number of halogens is 1. The standard InChI is InChI=1S/C19H20FNO2S/c20-16-7-4-6-15(14-16)19(10-5-11-19)18(22)21-12-13-24(23)17-8-2-1-3-9-17/h1-4,6-9,14H,5,10-13H2,(H,21,22)/t24-/m1/s1. The van der Waals surface area contributed by atoms with E-state index in [1.807, 2.05) is 36.4 Å². The monoisotopic (exact) mass is 345 g/mol. The average Bonchev–Trinajstić information content (AvgIpc) is 2.54. The molecule has 1 atom stereocenters. The van der Waals surface area contributed by atoms with Crippen molar-refractivity contribution in [2.45, 2.75) is 29.6 Å². The Morgan fingerprint density at radius 1 is 1.12 bits per heavy atom. The summed E-state index contributed by atoms with van der Waals surface area (Å²) >= 11 is 0. The van der Waals surface area contributed by atoms with Gasteiger partial charge in [-0.2, -0.15) is 0 Å². The molecule has 3 rings (SSSR count). The Hall–Kier alpha value is -2.01. The molecule has 0 unspecified atom stereocenters. The summed E-state index contributed by atoms with van der Waals surface area (Å²) in [6, 6.07) is 15.5. The minimum Gasteiger partial charge on any atom is -0.354 e. The fourth-order valence-corrected chi connectivity index (χ4v) is 4.06. The largest absolute Gasteiger partial charge is 0.354 e. The second-order valence-electron chi connectivity index (χ2n) is 6.06. The summed E-state index contributed by atoms with van der Waals surface area (Å²) < 4.78 is 25.7. The molecule has 1 fully saturated rings. The second kappa shape index (κ2) is 7.26. The van der Waals surface area contributed by atoms with Crippen molar-refractivity contribution < 1.29 is 13.4 Å². The Bertz CT molecular complexity index is 744. The first-order valence-electron chi connectivity index (χ1n) is 8.10. The topological polar surface area (TPSA) is 46.2 Å². The molecule has 0 radical (unpaired) electrons. The molecule has 3 nitrogen and oxygen atoms in total. The van der Waals surface area contributed by atoms with Gasteiger partial charge in [0.05, 0.1) is 16.2 Å². The first-order valence-corrected chi connectivity index (χ1v) is 9.41. The maximum atomic E-state index is 13.5.